The summed E-state index contributed by atoms with van der Waals surface area (Å²) in [6, 6.07) is 0. The van der Waals surface area contributed by atoms with Gasteiger partial charge in [-0.3, -0.25) is 0 Å². The summed E-state index contributed by atoms with van der Waals surface area (Å²) >= 11 is 0. The Hall–Kier alpha value is -0.440. The van der Waals surface area contributed by atoms with Crippen LogP contribution in [0.3, 0.4) is 0 Å². The average Bonchev–Trinajstić information content (AvgIpc) is 2.02. The lowest BCUT2D eigenvalue weighted by molar-refractivity contribution is 0.641. The number of hydrogen-bond donors (Lipinski definition) is 0. The Morgan fingerprint density at radius 1 is 1.00 bits per heavy atom. The van der Waals surface area contributed by atoms with Gasteiger partial charge in [-0.1, -0.05) is 38.5 Å². The van der Waals surface area contributed by atoms with Crippen LogP contribution in [0.2, 0.25) is 0 Å². The van der Waals surface area contributed by atoms with Crippen LogP contribution in [0, 0.1) is 17.8 Å². The Morgan fingerprint density at radius 2 is 1.67 bits per heavy atom. The zero-order valence-electron chi connectivity index (χ0n) is 8.74. The first-order valence-electron chi connectivity index (χ1n) is 5.06. The van der Waals surface area contributed by atoms with Crippen molar-refractivity contribution in [3.05, 3.63) is 5.92 Å². The van der Waals surface area contributed by atoms with Gasteiger partial charge in [0.05, 0.1) is 0 Å². The zero-order valence-corrected chi connectivity index (χ0v) is 8.74. The van der Waals surface area contributed by atoms with Gasteiger partial charge in [0, 0.05) is 12.3 Å². The molecule has 0 spiro atoms. The minimum atomic E-state index is 1.08. The van der Waals surface area contributed by atoms with Crippen molar-refractivity contribution in [1.29, 1.82) is 0 Å². The van der Waals surface area contributed by atoms with Crippen LogP contribution in [-0.4, -0.2) is 0 Å². The second kappa shape index (κ2) is 8.65. The lowest BCUT2D eigenvalue weighted by Gasteiger charge is -1.94. The first-order chi connectivity index (χ1) is 5.77. The average molecular weight is 165 g/mol. The Labute approximate surface area is 77.8 Å². The minimum absolute atomic E-state index is 1.08. The normalized spacial score (nSPS) is 9.67. The maximum atomic E-state index is 3.17. The van der Waals surface area contributed by atoms with Crippen molar-refractivity contribution in [2.75, 3.05) is 0 Å². The summed E-state index contributed by atoms with van der Waals surface area (Å²) < 4.78 is 0. The van der Waals surface area contributed by atoms with Crippen LogP contribution in [0.4, 0.5) is 0 Å². The molecule has 12 heavy (non-hydrogen) atoms. The fourth-order valence-corrected chi connectivity index (χ4v) is 1.06. The molecule has 0 unspecified atom stereocenters. The van der Waals surface area contributed by atoms with Crippen molar-refractivity contribution in [2.45, 2.75) is 59.3 Å². The van der Waals surface area contributed by atoms with E-state index in [0.29, 0.717) is 0 Å². The highest BCUT2D eigenvalue weighted by Crippen LogP contribution is 2.04. The molecule has 69 valence electrons. The summed E-state index contributed by atoms with van der Waals surface area (Å²) in [6.45, 7) is 6.36. The summed E-state index contributed by atoms with van der Waals surface area (Å²) in [6.07, 6.45) is 7.80. The first kappa shape index (κ1) is 11.6. The molecule has 0 aliphatic carbocycles. The second-order valence-corrected chi connectivity index (χ2v) is 3.47. The summed E-state index contributed by atoms with van der Waals surface area (Å²) in [4.78, 5) is 0. The Bertz CT molecular complexity index is 134. The molecule has 0 bridgehead atoms. The molecule has 0 aliphatic rings. The maximum Gasteiger partial charge on any atom is 0.0418 e. The van der Waals surface area contributed by atoms with Crippen molar-refractivity contribution in [2.24, 2.45) is 0 Å². The van der Waals surface area contributed by atoms with E-state index in [2.05, 4.69) is 32.6 Å². The summed E-state index contributed by atoms with van der Waals surface area (Å²) in [5.41, 5.74) is 0. The Balaban J connectivity index is 3.07. The molecule has 0 atom stereocenters. The van der Waals surface area contributed by atoms with Crippen LogP contribution in [-0.2, 0) is 0 Å². The molecule has 0 aromatic rings. The van der Waals surface area contributed by atoms with Crippen LogP contribution >= 0.6 is 0 Å². The van der Waals surface area contributed by atoms with Crippen LogP contribution in [0.5, 0.6) is 0 Å². The van der Waals surface area contributed by atoms with Crippen LogP contribution < -0.4 is 0 Å². The molecule has 0 fully saturated rings. The quantitative estimate of drug-likeness (QED) is 0.427. The van der Waals surface area contributed by atoms with Gasteiger partial charge in [-0.2, -0.15) is 0 Å². The number of rotatable bonds is 5. The van der Waals surface area contributed by atoms with E-state index in [0.717, 1.165) is 6.42 Å². The maximum absolute atomic E-state index is 3.17. The first-order valence-corrected chi connectivity index (χ1v) is 5.06. The molecular weight excluding hydrogens is 144 g/mol. The third-order valence-corrected chi connectivity index (χ3v) is 1.74. The van der Waals surface area contributed by atoms with E-state index in [4.69, 9.17) is 0 Å². The van der Waals surface area contributed by atoms with Gasteiger partial charge < -0.3 is 0 Å². The van der Waals surface area contributed by atoms with Gasteiger partial charge in [0.25, 0.3) is 0 Å². The van der Waals surface area contributed by atoms with Crippen LogP contribution in [0.1, 0.15) is 59.3 Å². The molecule has 0 aromatic carbocycles. The van der Waals surface area contributed by atoms with Gasteiger partial charge in [0.2, 0.25) is 0 Å². The van der Waals surface area contributed by atoms with Crippen LogP contribution in [0.25, 0.3) is 0 Å². The van der Waals surface area contributed by atoms with Crippen molar-refractivity contribution in [1.82, 2.24) is 0 Å². The number of hydrogen-bond acceptors (Lipinski definition) is 0. The molecule has 0 heteroatoms. The van der Waals surface area contributed by atoms with E-state index < -0.39 is 0 Å². The molecule has 0 nitrogen and oxygen atoms in total. The predicted octanol–water partition coefficient (Wildman–Crippen LogP) is 3.96. The molecule has 0 rings (SSSR count). The van der Waals surface area contributed by atoms with Gasteiger partial charge in [0.15, 0.2) is 0 Å². The molecule has 0 N–H and O–H groups in total. The van der Waals surface area contributed by atoms with Gasteiger partial charge in [-0.25, -0.2) is 0 Å². The van der Waals surface area contributed by atoms with Crippen molar-refractivity contribution < 1.29 is 0 Å². The van der Waals surface area contributed by atoms with Gasteiger partial charge in [-0.15, -0.1) is 5.92 Å². The zero-order chi connectivity index (χ0) is 9.23. The molecule has 1 radical (unpaired) electrons. The SMILES string of the molecule is CCCCCCCC#C[C](C)C. The predicted molar refractivity (Wildman–Crippen MR) is 55.7 cm³/mol. The minimum Gasteiger partial charge on any atom is -0.103 e. The second-order valence-electron chi connectivity index (χ2n) is 3.47. The molecule has 0 aliphatic heterocycles. The highest BCUT2D eigenvalue weighted by atomic mass is 13.9. The van der Waals surface area contributed by atoms with Crippen LogP contribution in [0.15, 0.2) is 0 Å². The molecule has 0 saturated carbocycles. The monoisotopic (exact) mass is 165 g/mol. The van der Waals surface area contributed by atoms with Crippen molar-refractivity contribution in [3.63, 3.8) is 0 Å². The fourth-order valence-electron chi connectivity index (χ4n) is 1.06. The van der Waals surface area contributed by atoms with E-state index in [1.54, 1.807) is 0 Å². The lowest BCUT2D eigenvalue weighted by Crippen LogP contribution is -1.78. The lowest BCUT2D eigenvalue weighted by atomic mass is 10.1. The third-order valence-electron chi connectivity index (χ3n) is 1.74. The fraction of sp³-hybridized carbons (Fsp3) is 0.750. The summed E-state index contributed by atoms with van der Waals surface area (Å²) in [5, 5.41) is 0. The molecule has 0 saturated heterocycles. The Kier molecular flexibility index (Phi) is 8.34. The third kappa shape index (κ3) is 9.56. The Morgan fingerprint density at radius 3 is 2.25 bits per heavy atom. The smallest absolute Gasteiger partial charge is 0.0418 e. The van der Waals surface area contributed by atoms with Gasteiger partial charge in [0.1, 0.15) is 0 Å². The van der Waals surface area contributed by atoms with E-state index in [1.165, 1.54) is 38.0 Å². The summed E-state index contributed by atoms with van der Waals surface area (Å²) in [5.74, 6) is 7.50. The molecule has 0 heterocycles. The van der Waals surface area contributed by atoms with E-state index >= 15 is 0 Å². The van der Waals surface area contributed by atoms with E-state index in [-0.39, 0.29) is 0 Å². The highest BCUT2D eigenvalue weighted by Gasteiger charge is 1.86. The van der Waals surface area contributed by atoms with Gasteiger partial charge in [-0.05, 0) is 20.3 Å². The van der Waals surface area contributed by atoms with Crippen molar-refractivity contribution in [3.8, 4) is 11.8 Å². The molecular formula is C12H21. The summed E-state index contributed by atoms with van der Waals surface area (Å²) in [7, 11) is 0. The number of unbranched alkanes of at least 4 members (excludes halogenated alkanes) is 5. The van der Waals surface area contributed by atoms with E-state index in [9.17, 15) is 0 Å². The van der Waals surface area contributed by atoms with E-state index in [1.807, 2.05) is 0 Å². The standard InChI is InChI=1S/C12H21/c1-4-5-6-7-8-9-10-11-12(2)3/h4-9H2,1-3H3. The van der Waals surface area contributed by atoms with Crippen molar-refractivity contribution >= 4 is 0 Å². The highest BCUT2D eigenvalue weighted by molar-refractivity contribution is 5.16. The van der Waals surface area contributed by atoms with Gasteiger partial charge >= 0.3 is 0 Å². The molecule has 0 aromatic heterocycles. The topological polar surface area (TPSA) is 0 Å². The largest absolute Gasteiger partial charge is 0.103 e. The molecule has 0 amide bonds.